The number of aromatic amines is 1. The van der Waals surface area contributed by atoms with E-state index in [4.69, 9.17) is 0 Å². The third kappa shape index (κ3) is 2.78. The van der Waals surface area contributed by atoms with E-state index in [9.17, 15) is 18.0 Å². The van der Waals surface area contributed by atoms with Crippen molar-refractivity contribution in [3.63, 3.8) is 0 Å². The van der Waals surface area contributed by atoms with Gasteiger partial charge in [0.25, 0.3) is 5.91 Å². The molecule has 0 bridgehead atoms. The van der Waals surface area contributed by atoms with Crippen LogP contribution in [-0.4, -0.2) is 44.9 Å². The van der Waals surface area contributed by atoms with Crippen LogP contribution in [-0.2, 0) is 7.05 Å². The Morgan fingerprint density at radius 2 is 1.89 bits per heavy atom. The normalized spacial score (nSPS) is 19.5. The van der Waals surface area contributed by atoms with Crippen LogP contribution in [0.15, 0.2) is 36.7 Å². The van der Waals surface area contributed by atoms with Crippen LogP contribution in [0, 0.1) is 12.8 Å². The molecule has 1 atom stereocenters. The molecule has 2 aromatic carbocycles. The predicted molar refractivity (Wildman–Crippen MR) is 129 cm³/mol. The molecule has 1 saturated heterocycles. The zero-order valence-electron chi connectivity index (χ0n) is 19.7. The summed E-state index contributed by atoms with van der Waals surface area (Å²) in [6, 6.07) is 9.58. The fourth-order valence-electron chi connectivity index (χ4n) is 6.14. The Bertz CT molecular complexity index is 1560. The molecule has 0 aliphatic carbocycles. The monoisotopic (exact) mass is 492 g/mol. The number of carbonyl (C=O) groups is 1. The molecule has 0 radical (unpaired) electrons. The maximum atomic E-state index is 13.6. The molecule has 1 amide bonds. The van der Waals surface area contributed by atoms with E-state index < -0.39 is 12.1 Å². The lowest BCUT2D eigenvalue weighted by Gasteiger charge is -2.37. The number of hydrogen-bond acceptors (Lipinski definition) is 4. The Kier molecular flexibility index (Phi) is 4.24. The molecule has 7 rings (SSSR count). The summed E-state index contributed by atoms with van der Waals surface area (Å²) in [5.41, 5.74) is 8.32. The van der Waals surface area contributed by atoms with E-state index in [2.05, 4.69) is 21.1 Å². The maximum Gasteiger partial charge on any atom is 0.391 e. The highest BCUT2D eigenvalue weighted by Gasteiger charge is 2.48. The molecule has 5 heterocycles. The Balaban J connectivity index is 1.40. The molecule has 4 aromatic rings. The number of anilines is 2. The number of fused-ring (bicyclic) bond motifs is 10. The lowest BCUT2D eigenvalue weighted by atomic mass is 9.85. The Morgan fingerprint density at radius 1 is 1.11 bits per heavy atom. The average molecular weight is 493 g/mol. The Labute approximate surface area is 204 Å². The number of rotatable bonds is 1. The third-order valence-corrected chi connectivity index (χ3v) is 8.09. The molecule has 3 aliphatic heterocycles. The van der Waals surface area contributed by atoms with Crippen molar-refractivity contribution in [2.24, 2.45) is 13.0 Å². The van der Waals surface area contributed by atoms with E-state index in [1.165, 1.54) is 0 Å². The van der Waals surface area contributed by atoms with Crippen molar-refractivity contribution < 1.29 is 18.0 Å². The lowest BCUT2D eigenvalue weighted by molar-refractivity contribution is -0.179. The van der Waals surface area contributed by atoms with Gasteiger partial charge < -0.3 is 9.88 Å². The van der Waals surface area contributed by atoms with Crippen LogP contribution in [0.3, 0.4) is 0 Å². The zero-order chi connectivity index (χ0) is 24.9. The van der Waals surface area contributed by atoms with Crippen molar-refractivity contribution in [1.29, 1.82) is 0 Å². The van der Waals surface area contributed by atoms with E-state index in [0.717, 1.165) is 50.4 Å². The summed E-state index contributed by atoms with van der Waals surface area (Å²) in [6.07, 6.45) is -2.34. The minimum absolute atomic E-state index is 0.0872. The lowest BCUT2D eigenvalue weighted by Crippen LogP contribution is -2.39. The minimum atomic E-state index is -4.15. The summed E-state index contributed by atoms with van der Waals surface area (Å²) >= 11 is 0. The molecule has 7 nitrogen and oxygen atoms in total. The third-order valence-electron chi connectivity index (χ3n) is 8.09. The summed E-state index contributed by atoms with van der Waals surface area (Å²) in [6.45, 7) is 2.67. The molecule has 1 N–H and O–H groups in total. The molecule has 3 aliphatic rings. The first-order valence-electron chi connectivity index (χ1n) is 12.0. The van der Waals surface area contributed by atoms with Gasteiger partial charge in [-0.1, -0.05) is 6.07 Å². The first-order valence-corrected chi connectivity index (χ1v) is 12.0. The van der Waals surface area contributed by atoms with Gasteiger partial charge in [-0.05, 0) is 55.2 Å². The topological polar surface area (TPSA) is 70.0 Å². The van der Waals surface area contributed by atoms with E-state index >= 15 is 0 Å². The van der Waals surface area contributed by atoms with Gasteiger partial charge in [-0.15, -0.1) is 0 Å². The number of carbonyl (C=O) groups excluding carboxylic acids is 1. The number of hydrogen-bond donors (Lipinski definition) is 1. The second-order valence-corrected chi connectivity index (χ2v) is 9.88. The van der Waals surface area contributed by atoms with Gasteiger partial charge in [-0.25, -0.2) is 4.98 Å². The van der Waals surface area contributed by atoms with Crippen molar-refractivity contribution in [3.8, 4) is 11.1 Å². The smallest absolute Gasteiger partial charge is 0.371 e. The van der Waals surface area contributed by atoms with Gasteiger partial charge in [0, 0.05) is 42.6 Å². The number of benzene rings is 2. The first kappa shape index (κ1) is 21.5. The number of aryl methyl sites for hydroxylation is 1. The molecule has 184 valence electrons. The van der Waals surface area contributed by atoms with E-state index in [1.807, 2.05) is 48.0 Å². The standard InChI is InChI=1S/C26H23F3N6O/c1-13-20-23(32-33(13)2)25(36)35-19-6-5-18-22(31-12-30-18)21(19)17-11-15(3-4-16(17)24(20)35)34-9-7-14(8-10-34)26(27,28)29/h3-6,11-12,14,24H,7-10H2,1-2H3,(H,30,31). The molecule has 1 fully saturated rings. The highest BCUT2D eigenvalue weighted by molar-refractivity contribution is 6.17. The van der Waals surface area contributed by atoms with Crippen LogP contribution >= 0.6 is 0 Å². The predicted octanol–water partition coefficient (Wildman–Crippen LogP) is 5.11. The van der Waals surface area contributed by atoms with Gasteiger partial charge in [0.05, 0.1) is 35.0 Å². The molecule has 1 unspecified atom stereocenters. The van der Waals surface area contributed by atoms with Crippen molar-refractivity contribution in [3.05, 3.63) is 59.2 Å². The SMILES string of the molecule is Cc1c2c(nn1C)C(=O)N1c3ccc4[nH]cnc4c3-c3cc(N4CCC(C(F)(F)F)CC4)ccc3C21. The van der Waals surface area contributed by atoms with Crippen molar-refractivity contribution in [2.75, 3.05) is 22.9 Å². The first-order chi connectivity index (χ1) is 17.2. The summed E-state index contributed by atoms with van der Waals surface area (Å²) in [5, 5.41) is 4.52. The molecule has 10 heteroatoms. The van der Waals surface area contributed by atoms with Gasteiger partial charge in [0.1, 0.15) is 0 Å². The molecule has 2 aromatic heterocycles. The number of H-pyrrole nitrogens is 1. The summed E-state index contributed by atoms with van der Waals surface area (Å²) in [7, 11) is 1.84. The number of aromatic nitrogens is 4. The number of halogens is 3. The number of amides is 1. The Morgan fingerprint density at radius 3 is 2.64 bits per heavy atom. The van der Waals surface area contributed by atoms with Gasteiger partial charge in [0.2, 0.25) is 0 Å². The van der Waals surface area contributed by atoms with Gasteiger partial charge in [-0.2, -0.15) is 18.3 Å². The number of nitrogens with one attached hydrogen (secondary N) is 1. The molecular formula is C26H23F3N6O. The maximum absolute atomic E-state index is 13.6. The van der Waals surface area contributed by atoms with Gasteiger partial charge in [-0.3, -0.25) is 14.4 Å². The van der Waals surface area contributed by atoms with Gasteiger partial charge >= 0.3 is 6.18 Å². The largest absolute Gasteiger partial charge is 0.391 e. The molecule has 0 spiro atoms. The van der Waals surface area contributed by atoms with Crippen molar-refractivity contribution in [2.45, 2.75) is 32.0 Å². The van der Waals surface area contributed by atoms with Crippen molar-refractivity contribution >= 4 is 28.3 Å². The quantitative estimate of drug-likeness (QED) is 0.401. The summed E-state index contributed by atoms with van der Waals surface area (Å²) in [5.74, 6) is -1.39. The van der Waals surface area contributed by atoms with Crippen molar-refractivity contribution in [1.82, 2.24) is 19.7 Å². The van der Waals surface area contributed by atoms with E-state index in [0.29, 0.717) is 18.8 Å². The number of nitrogens with zero attached hydrogens (tertiary/aromatic N) is 5. The highest BCUT2D eigenvalue weighted by atomic mass is 19.4. The van der Waals surface area contributed by atoms with Crippen LogP contribution < -0.4 is 9.80 Å². The number of alkyl halides is 3. The number of piperidine rings is 1. The van der Waals surface area contributed by atoms with Crippen LogP contribution in [0.4, 0.5) is 24.5 Å². The van der Waals surface area contributed by atoms with Crippen LogP contribution in [0.1, 0.15) is 46.2 Å². The molecule has 36 heavy (non-hydrogen) atoms. The second-order valence-electron chi connectivity index (χ2n) is 9.88. The summed E-state index contributed by atoms with van der Waals surface area (Å²) in [4.78, 5) is 25.1. The molecular weight excluding hydrogens is 469 g/mol. The Hall–Kier alpha value is -3.82. The summed E-state index contributed by atoms with van der Waals surface area (Å²) < 4.78 is 41.4. The fourth-order valence-corrected chi connectivity index (χ4v) is 6.14. The average Bonchev–Trinajstić information content (AvgIpc) is 3.53. The fraction of sp³-hybridized carbons (Fsp3) is 0.346. The zero-order valence-corrected chi connectivity index (χ0v) is 19.7. The van der Waals surface area contributed by atoms with E-state index in [-0.39, 0.29) is 24.8 Å². The number of imidazole rings is 1. The van der Waals surface area contributed by atoms with Crippen LogP contribution in [0.5, 0.6) is 0 Å². The van der Waals surface area contributed by atoms with Gasteiger partial charge in [0.15, 0.2) is 5.69 Å². The second kappa shape index (κ2) is 7.11. The molecule has 0 saturated carbocycles. The van der Waals surface area contributed by atoms with E-state index in [1.54, 1.807) is 11.0 Å². The highest BCUT2D eigenvalue weighted by Crippen LogP contribution is 2.54. The van der Waals surface area contributed by atoms with Crippen LogP contribution in [0.25, 0.3) is 22.2 Å². The van der Waals surface area contributed by atoms with Crippen LogP contribution in [0.2, 0.25) is 0 Å². The minimum Gasteiger partial charge on any atom is -0.371 e.